The van der Waals surface area contributed by atoms with Crippen molar-refractivity contribution in [2.75, 3.05) is 13.2 Å². The molecule has 1 saturated carbocycles. The van der Waals surface area contributed by atoms with Crippen molar-refractivity contribution in [1.29, 1.82) is 0 Å². The second kappa shape index (κ2) is 8.97. The van der Waals surface area contributed by atoms with Crippen LogP contribution in [0.25, 0.3) is 0 Å². The van der Waals surface area contributed by atoms with E-state index in [0.29, 0.717) is 12.0 Å². The Labute approximate surface area is 120 Å². The minimum atomic E-state index is 0.317. The molecule has 0 amide bonds. The highest BCUT2D eigenvalue weighted by Gasteiger charge is 2.22. The standard InChI is InChI=1S/C17H35NO/c1-4-7-15-8-5-9-16(11-10-15)18-14-17(2,3)12-6-13-19/h15-16,18-19H,4-14H2,1-3H3. The van der Waals surface area contributed by atoms with Crippen LogP contribution in [0.2, 0.25) is 0 Å². The predicted molar refractivity (Wildman–Crippen MR) is 83.4 cm³/mol. The van der Waals surface area contributed by atoms with Crippen LogP contribution >= 0.6 is 0 Å². The third kappa shape index (κ3) is 7.31. The SMILES string of the molecule is CCCC1CCCC(NCC(C)(C)CCCO)CC1. The van der Waals surface area contributed by atoms with E-state index in [1.807, 2.05) is 0 Å². The van der Waals surface area contributed by atoms with E-state index in [2.05, 4.69) is 26.1 Å². The van der Waals surface area contributed by atoms with E-state index in [4.69, 9.17) is 5.11 Å². The van der Waals surface area contributed by atoms with E-state index in [9.17, 15) is 0 Å². The monoisotopic (exact) mass is 269 g/mol. The highest BCUT2D eigenvalue weighted by Crippen LogP contribution is 2.28. The zero-order valence-corrected chi connectivity index (χ0v) is 13.4. The van der Waals surface area contributed by atoms with Gasteiger partial charge in [0.2, 0.25) is 0 Å². The summed E-state index contributed by atoms with van der Waals surface area (Å²) in [5, 5.41) is 12.7. The molecule has 2 unspecified atom stereocenters. The molecule has 0 bridgehead atoms. The van der Waals surface area contributed by atoms with Crippen LogP contribution in [-0.4, -0.2) is 24.3 Å². The van der Waals surface area contributed by atoms with E-state index in [1.165, 1.54) is 44.9 Å². The van der Waals surface area contributed by atoms with Crippen molar-refractivity contribution in [3.8, 4) is 0 Å². The molecule has 0 spiro atoms. The number of aliphatic hydroxyl groups excluding tert-OH is 1. The normalized spacial score (nSPS) is 25.3. The van der Waals surface area contributed by atoms with Gasteiger partial charge in [0.25, 0.3) is 0 Å². The summed E-state index contributed by atoms with van der Waals surface area (Å²) in [6, 6.07) is 0.732. The first kappa shape index (κ1) is 17.0. The molecule has 0 aromatic rings. The van der Waals surface area contributed by atoms with Crippen molar-refractivity contribution < 1.29 is 5.11 Å². The van der Waals surface area contributed by atoms with Gasteiger partial charge in [-0.25, -0.2) is 0 Å². The smallest absolute Gasteiger partial charge is 0.0431 e. The van der Waals surface area contributed by atoms with E-state index in [0.717, 1.165) is 31.3 Å². The van der Waals surface area contributed by atoms with Crippen molar-refractivity contribution >= 4 is 0 Å². The third-order valence-electron chi connectivity index (χ3n) is 4.67. The molecule has 2 heteroatoms. The summed E-state index contributed by atoms with van der Waals surface area (Å²) < 4.78 is 0. The van der Waals surface area contributed by atoms with Gasteiger partial charge in [0.15, 0.2) is 0 Å². The van der Waals surface area contributed by atoms with Gasteiger partial charge in [-0.05, 0) is 43.4 Å². The molecule has 1 rings (SSSR count). The molecule has 19 heavy (non-hydrogen) atoms. The van der Waals surface area contributed by atoms with Crippen LogP contribution in [-0.2, 0) is 0 Å². The van der Waals surface area contributed by atoms with Crippen LogP contribution in [0, 0.1) is 11.3 Å². The quantitative estimate of drug-likeness (QED) is 0.650. The highest BCUT2D eigenvalue weighted by atomic mass is 16.2. The molecule has 0 heterocycles. The van der Waals surface area contributed by atoms with E-state index >= 15 is 0 Å². The summed E-state index contributed by atoms with van der Waals surface area (Å²) in [5.41, 5.74) is 0.317. The zero-order chi connectivity index (χ0) is 14.1. The second-order valence-electron chi connectivity index (χ2n) is 7.23. The molecule has 0 aromatic heterocycles. The fraction of sp³-hybridized carbons (Fsp3) is 1.00. The third-order valence-corrected chi connectivity index (χ3v) is 4.67. The summed E-state index contributed by atoms with van der Waals surface area (Å²) in [5.74, 6) is 0.985. The molecule has 2 atom stereocenters. The van der Waals surface area contributed by atoms with Gasteiger partial charge in [-0.2, -0.15) is 0 Å². The van der Waals surface area contributed by atoms with Crippen LogP contribution in [0.15, 0.2) is 0 Å². The average molecular weight is 269 g/mol. The van der Waals surface area contributed by atoms with Crippen molar-refractivity contribution in [1.82, 2.24) is 5.32 Å². The Bertz CT molecular complexity index is 227. The maximum absolute atomic E-state index is 8.94. The first-order chi connectivity index (χ1) is 9.07. The highest BCUT2D eigenvalue weighted by molar-refractivity contribution is 4.79. The van der Waals surface area contributed by atoms with Crippen LogP contribution in [0.1, 0.15) is 78.6 Å². The molecule has 1 fully saturated rings. The Hall–Kier alpha value is -0.0800. The van der Waals surface area contributed by atoms with Gasteiger partial charge in [-0.3, -0.25) is 0 Å². The van der Waals surface area contributed by atoms with Gasteiger partial charge in [0.05, 0.1) is 0 Å². The lowest BCUT2D eigenvalue weighted by atomic mass is 9.87. The molecule has 1 aliphatic carbocycles. The first-order valence-corrected chi connectivity index (χ1v) is 8.41. The lowest BCUT2D eigenvalue weighted by molar-refractivity contribution is 0.229. The maximum atomic E-state index is 8.94. The summed E-state index contributed by atoms with van der Waals surface area (Å²) >= 11 is 0. The Morgan fingerprint density at radius 3 is 2.63 bits per heavy atom. The predicted octanol–water partition coefficient (Wildman–Crippen LogP) is 4.12. The van der Waals surface area contributed by atoms with Gasteiger partial charge in [-0.15, -0.1) is 0 Å². The van der Waals surface area contributed by atoms with Crippen LogP contribution in [0.4, 0.5) is 0 Å². The number of aliphatic hydroxyl groups is 1. The Morgan fingerprint density at radius 2 is 1.95 bits per heavy atom. The van der Waals surface area contributed by atoms with Crippen molar-refractivity contribution in [3.05, 3.63) is 0 Å². The molecule has 0 radical (unpaired) electrons. The number of hydrogen-bond acceptors (Lipinski definition) is 2. The van der Waals surface area contributed by atoms with Gasteiger partial charge in [0, 0.05) is 19.2 Å². The lowest BCUT2D eigenvalue weighted by Crippen LogP contribution is -2.37. The van der Waals surface area contributed by atoms with Crippen LogP contribution < -0.4 is 5.32 Å². The van der Waals surface area contributed by atoms with Gasteiger partial charge in [-0.1, -0.05) is 46.5 Å². The number of hydrogen-bond donors (Lipinski definition) is 2. The molecule has 1 aliphatic rings. The van der Waals surface area contributed by atoms with Gasteiger partial charge in [0.1, 0.15) is 0 Å². The Morgan fingerprint density at radius 1 is 1.16 bits per heavy atom. The Balaban J connectivity index is 2.25. The lowest BCUT2D eigenvalue weighted by Gasteiger charge is -2.28. The fourth-order valence-electron chi connectivity index (χ4n) is 3.35. The average Bonchev–Trinajstić information content (AvgIpc) is 2.60. The molecule has 0 aliphatic heterocycles. The van der Waals surface area contributed by atoms with Gasteiger partial charge < -0.3 is 10.4 Å². The molecule has 0 aromatic carbocycles. The maximum Gasteiger partial charge on any atom is 0.0431 e. The van der Waals surface area contributed by atoms with E-state index in [1.54, 1.807) is 0 Å². The molecular formula is C17H35NO. The molecular weight excluding hydrogens is 234 g/mol. The zero-order valence-electron chi connectivity index (χ0n) is 13.4. The minimum Gasteiger partial charge on any atom is -0.396 e. The molecule has 2 N–H and O–H groups in total. The van der Waals surface area contributed by atoms with Crippen LogP contribution in [0.3, 0.4) is 0 Å². The summed E-state index contributed by atoms with van der Waals surface area (Å²) in [6.07, 6.45) is 11.8. The number of nitrogens with one attached hydrogen (secondary N) is 1. The summed E-state index contributed by atoms with van der Waals surface area (Å²) in [6.45, 7) is 8.35. The molecule has 2 nitrogen and oxygen atoms in total. The van der Waals surface area contributed by atoms with E-state index in [-0.39, 0.29) is 0 Å². The fourth-order valence-corrected chi connectivity index (χ4v) is 3.35. The van der Waals surface area contributed by atoms with Crippen molar-refractivity contribution in [2.45, 2.75) is 84.6 Å². The number of rotatable bonds is 8. The minimum absolute atomic E-state index is 0.317. The largest absolute Gasteiger partial charge is 0.396 e. The van der Waals surface area contributed by atoms with Crippen molar-refractivity contribution in [2.24, 2.45) is 11.3 Å². The van der Waals surface area contributed by atoms with E-state index < -0.39 is 0 Å². The summed E-state index contributed by atoms with van der Waals surface area (Å²) in [4.78, 5) is 0. The summed E-state index contributed by atoms with van der Waals surface area (Å²) in [7, 11) is 0. The second-order valence-corrected chi connectivity index (χ2v) is 7.23. The van der Waals surface area contributed by atoms with Crippen LogP contribution in [0.5, 0.6) is 0 Å². The first-order valence-electron chi connectivity index (χ1n) is 8.41. The van der Waals surface area contributed by atoms with Gasteiger partial charge >= 0.3 is 0 Å². The molecule has 0 saturated heterocycles. The topological polar surface area (TPSA) is 32.3 Å². The Kier molecular flexibility index (Phi) is 8.01. The van der Waals surface area contributed by atoms with Crippen molar-refractivity contribution in [3.63, 3.8) is 0 Å². The molecule has 114 valence electrons.